The van der Waals surface area contributed by atoms with E-state index in [0.29, 0.717) is 5.56 Å². The van der Waals surface area contributed by atoms with Crippen molar-refractivity contribution in [2.24, 2.45) is 0 Å². The Labute approximate surface area is 251 Å². The number of aliphatic hydroxyl groups excluding tert-OH is 4. The average Bonchev–Trinajstić information content (AvgIpc) is 2.91. The van der Waals surface area contributed by atoms with Crippen LogP contribution in [-0.2, 0) is 43.9 Å². The molecule has 2 saturated heterocycles. The van der Waals surface area contributed by atoms with E-state index in [1.165, 1.54) is 17.7 Å². The summed E-state index contributed by atoms with van der Waals surface area (Å²) in [5.74, 6) is -3.85. The molecule has 1 aromatic heterocycles. The Kier molecular flexibility index (Phi) is 10.2. The first-order valence-electron chi connectivity index (χ1n) is 12.4. The van der Waals surface area contributed by atoms with Crippen molar-refractivity contribution in [2.75, 3.05) is 6.61 Å². The number of carboxylic acids is 1. The first-order valence-corrected chi connectivity index (χ1v) is 15.3. The molecule has 0 saturated carbocycles. The molecule has 0 spiro atoms. The van der Waals surface area contributed by atoms with E-state index in [-0.39, 0.29) is 5.39 Å². The smallest absolute Gasteiger partial charge is 0.397 e. The molecule has 0 bridgehead atoms. The van der Waals surface area contributed by atoms with Crippen LogP contribution in [0.4, 0.5) is 4.39 Å². The van der Waals surface area contributed by atoms with Crippen LogP contribution in [-0.4, -0.2) is 125 Å². The Hall–Kier alpha value is -2.91. The topological polar surface area (TPSA) is 315 Å². The number of benzene rings is 1. The molecular weight excluding hydrogens is 665 g/mol. The molecule has 1 aromatic carbocycles. The molecule has 10 unspecified atom stereocenters. The van der Waals surface area contributed by atoms with Crippen LogP contribution in [0.25, 0.3) is 11.0 Å². The zero-order valence-electron chi connectivity index (χ0n) is 22.4. The zero-order chi connectivity index (χ0) is 33.6. The second-order valence-electron chi connectivity index (χ2n) is 9.82. The van der Waals surface area contributed by atoms with E-state index >= 15 is 4.39 Å². The first-order chi connectivity index (χ1) is 20.8. The Morgan fingerprint density at radius 3 is 2.27 bits per heavy atom. The van der Waals surface area contributed by atoms with E-state index < -0.39 is 117 Å². The summed E-state index contributed by atoms with van der Waals surface area (Å²) in [4.78, 5) is 23.8. The maximum absolute atomic E-state index is 15.2. The number of hydrogen-bond donors (Lipinski definition) is 8. The van der Waals surface area contributed by atoms with E-state index in [1.807, 2.05) is 0 Å². The standard InChI is InChI=1S/C22H26FNO19S2/c1-6-4-10(25)41-17-7(6)2-3-8(11(17)23)39-22-16(29)15(28)18(19(43-22)20(30)31)42-21-12(24-44(32,33)34)14(27)13(26)9(40-21)5-38-45(35,36)37/h2-4,9,12-16,18-19,21-22,24,26-29H,5H2,1H3,(H,30,31)(H,32,33,34)(H,35,36,37). The molecule has 8 N–H and O–H groups in total. The Morgan fingerprint density at radius 2 is 1.67 bits per heavy atom. The number of halogens is 1. The van der Waals surface area contributed by atoms with Gasteiger partial charge in [0.15, 0.2) is 23.7 Å². The number of nitrogens with one attached hydrogen (secondary N) is 1. The highest BCUT2D eigenvalue weighted by molar-refractivity contribution is 7.83. The van der Waals surface area contributed by atoms with Crippen LogP contribution in [0.5, 0.6) is 5.75 Å². The van der Waals surface area contributed by atoms with Crippen molar-refractivity contribution in [1.29, 1.82) is 0 Å². The molecule has 23 heteroatoms. The van der Waals surface area contributed by atoms with Crippen molar-refractivity contribution < 1.29 is 88.2 Å². The van der Waals surface area contributed by atoms with Gasteiger partial charge in [-0.3, -0.25) is 9.11 Å². The third-order valence-corrected chi connectivity index (χ3v) is 7.72. The fourth-order valence-corrected chi connectivity index (χ4v) is 5.53. The molecule has 2 fully saturated rings. The molecule has 45 heavy (non-hydrogen) atoms. The Balaban J connectivity index is 1.61. The second-order valence-corrected chi connectivity index (χ2v) is 12.1. The quantitative estimate of drug-likeness (QED) is 0.0887. The number of carboxylic acid groups (broad SMARTS) is 1. The molecule has 2 aliphatic rings. The summed E-state index contributed by atoms with van der Waals surface area (Å²) in [7, 11) is -10.4. The summed E-state index contributed by atoms with van der Waals surface area (Å²) in [5, 5.41) is 52.2. The van der Waals surface area contributed by atoms with Crippen molar-refractivity contribution in [1.82, 2.24) is 4.72 Å². The normalized spacial score (nSPS) is 32.8. The van der Waals surface area contributed by atoms with Crippen LogP contribution in [0.3, 0.4) is 0 Å². The molecule has 4 rings (SSSR count). The van der Waals surface area contributed by atoms with Gasteiger partial charge in [-0.2, -0.15) is 25.9 Å². The molecule has 0 radical (unpaired) electrons. The lowest BCUT2D eigenvalue weighted by atomic mass is 9.96. The van der Waals surface area contributed by atoms with Crippen molar-refractivity contribution >= 4 is 37.6 Å². The van der Waals surface area contributed by atoms with E-state index in [0.717, 1.165) is 12.1 Å². The van der Waals surface area contributed by atoms with Gasteiger partial charge in [-0.15, -0.1) is 0 Å². The molecule has 2 aliphatic heterocycles. The maximum Gasteiger partial charge on any atom is 0.397 e. The van der Waals surface area contributed by atoms with Crippen molar-refractivity contribution in [2.45, 2.75) is 68.3 Å². The largest absolute Gasteiger partial charge is 0.479 e. The van der Waals surface area contributed by atoms with E-state index in [1.54, 1.807) is 0 Å². The second kappa shape index (κ2) is 13.1. The number of aliphatic hydroxyl groups is 4. The molecule has 252 valence electrons. The fraction of sp³-hybridized carbons (Fsp3) is 0.545. The fourth-order valence-electron chi connectivity index (χ4n) is 4.62. The SMILES string of the molecule is Cc1cc(=O)oc2c(F)c(OC3OC(C(=O)O)C(OC4OC(COS(=O)(=O)O)C(O)C(O)C4NS(=O)(=O)O)C(O)C3O)ccc12. The van der Waals surface area contributed by atoms with Gasteiger partial charge in [-0.25, -0.2) is 13.8 Å². The maximum atomic E-state index is 15.2. The molecule has 0 aliphatic carbocycles. The van der Waals surface area contributed by atoms with Gasteiger partial charge >= 0.3 is 32.3 Å². The third-order valence-electron chi connectivity index (χ3n) is 6.71. The van der Waals surface area contributed by atoms with Gasteiger partial charge < -0.3 is 48.9 Å². The first kappa shape index (κ1) is 35.0. The lowest BCUT2D eigenvalue weighted by Crippen LogP contribution is -2.68. The number of ether oxygens (including phenoxy) is 4. The van der Waals surface area contributed by atoms with Crippen LogP contribution < -0.4 is 15.1 Å². The highest BCUT2D eigenvalue weighted by atomic mass is 32.3. The summed E-state index contributed by atoms with van der Waals surface area (Å²) in [6.07, 6.45) is -20.0. The van der Waals surface area contributed by atoms with Crippen LogP contribution in [0.2, 0.25) is 0 Å². The van der Waals surface area contributed by atoms with Crippen LogP contribution in [0.15, 0.2) is 27.4 Å². The highest BCUT2D eigenvalue weighted by Gasteiger charge is 2.54. The number of hydrogen-bond acceptors (Lipinski definition) is 16. The van der Waals surface area contributed by atoms with Crippen molar-refractivity contribution in [3.8, 4) is 5.75 Å². The minimum Gasteiger partial charge on any atom is -0.479 e. The molecule has 3 heterocycles. The molecule has 0 amide bonds. The summed E-state index contributed by atoms with van der Waals surface area (Å²) in [5.41, 5.74) is -1.10. The van der Waals surface area contributed by atoms with Gasteiger partial charge in [-0.1, -0.05) is 0 Å². The Bertz CT molecular complexity index is 1700. The highest BCUT2D eigenvalue weighted by Crippen LogP contribution is 2.33. The van der Waals surface area contributed by atoms with Gasteiger partial charge in [0.25, 0.3) is 0 Å². The number of rotatable bonds is 10. The van der Waals surface area contributed by atoms with E-state index in [4.69, 9.17) is 27.9 Å². The third kappa shape index (κ3) is 7.91. The Morgan fingerprint density at radius 1 is 1.00 bits per heavy atom. The summed E-state index contributed by atoms with van der Waals surface area (Å²) in [6, 6.07) is 1.23. The predicted octanol–water partition coefficient (Wildman–Crippen LogP) is -3.44. The predicted molar refractivity (Wildman–Crippen MR) is 138 cm³/mol. The van der Waals surface area contributed by atoms with Crippen molar-refractivity contribution in [3.05, 3.63) is 40.0 Å². The lowest BCUT2D eigenvalue weighted by molar-refractivity contribution is -0.331. The van der Waals surface area contributed by atoms with Crippen LogP contribution >= 0.6 is 0 Å². The number of aryl methyl sites for hydroxylation is 1. The number of fused-ring (bicyclic) bond motifs is 1. The minimum absolute atomic E-state index is 0.176. The molecular formula is C22H26FNO19S2. The molecule has 2 aromatic rings. The summed E-state index contributed by atoms with van der Waals surface area (Å²) < 4.78 is 110. The summed E-state index contributed by atoms with van der Waals surface area (Å²) >= 11 is 0. The van der Waals surface area contributed by atoms with Gasteiger partial charge in [0.05, 0.1) is 6.61 Å². The van der Waals surface area contributed by atoms with E-state index in [2.05, 4.69) is 4.18 Å². The van der Waals surface area contributed by atoms with Crippen LogP contribution in [0, 0.1) is 12.7 Å². The average molecular weight is 692 g/mol. The summed E-state index contributed by atoms with van der Waals surface area (Å²) in [6.45, 7) is 0.286. The van der Waals surface area contributed by atoms with E-state index in [9.17, 15) is 56.5 Å². The monoisotopic (exact) mass is 691 g/mol. The van der Waals surface area contributed by atoms with Gasteiger partial charge in [0.1, 0.15) is 42.7 Å². The van der Waals surface area contributed by atoms with Crippen molar-refractivity contribution in [3.63, 3.8) is 0 Å². The van der Waals surface area contributed by atoms with Gasteiger partial charge in [0, 0.05) is 11.5 Å². The van der Waals surface area contributed by atoms with Gasteiger partial charge in [-0.05, 0) is 24.6 Å². The van der Waals surface area contributed by atoms with Gasteiger partial charge in [0.2, 0.25) is 12.1 Å². The number of carbonyl (C=O) groups is 1. The lowest BCUT2D eigenvalue weighted by Gasteiger charge is -2.46. The number of aliphatic carboxylic acids is 1. The van der Waals surface area contributed by atoms with Crippen LogP contribution in [0.1, 0.15) is 5.56 Å². The molecule has 10 atom stereocenters. The zero-order valence-corrected chi connectivity index (χ0v) is 24.1. The minimum atomic E-state index is -5.22. The molecule has 20 nitrogen and oxygen atoms in total.